The number of methoxy groups -OCH3 is 1. The van der Waals surface area contributed by atoms with E-state index in [1.165, 1.54) is 5.56 Å². The minimum absolute atomic E-state index is 0.183. The molecule has 208 valence electrons. The average Bonchev–Trinajstić information content (AvgIpc) is 3.01. The van der Waals surface area contributed by atoms with Crippen molar-refractivity contribution in [1.29, 1.82) is 0 Å². The van der Waals surface area contributed by atoms with E-state index >= 15 is 0 Å². The Morgan fingerprint density at radius 3 is 2.17 bits per heavy atom. The van der Waals surface area contributed by atoms with Crippen molar-refractivity contribution in [1.82, 2.24) is 9.88 Å². The van der Waals surface area contributed by atoms with Crippen molar-refractivity contribution >= 4 is 5.91 Å². The minimum Gasteiger partial charge on any atom is -0.493 e. The second-order valence-corrected chi connectivity index (χ2v) is 10.0. The highest BCUT2D eigenvalue weighted by Gasteiger charge is 2.16. The standard InChI is InChI=1S/C35H40N2O3/c1-39-34-26-31(21-22-33(34)40-28-30-17-9-5-10-18-30)27-37(25-23-32-19-12-13-24-36-32)35(38)20-11-3-2-6-14-29-15-7-4-8-16-29/h4-5,7-10,12-13,15-19,21-22,24,26H,2-3,6,11,14,20,23,25,27-28H2,1H3. The van der Waals surface area contributed by atoms with Crippen LogP contribution in [0, 0.1) is 0 Å². The summed E-state index contributed by atoms with van der Waals surface area (Å²) in [6.07, 6.45) is 8.44. The molecule has 4 aromatic rings. The van der Waals surface area contributed by atoms with Crippen LogP contribution in [-0.2, 0) is 30.8 Å². The normalized spacial score (nSPS) is 10.7. The molecule has 0 aliphatic rings. The molecule has 5 nitrogen and oxygen atoms in total. The lowest BCUT2D eigenvalue weighted by molar-refractivity contribution is -0.132. The van der Waals surface area contributed by atoms with Gasteiger partial charge in [0.2, 0.25) is 5.91 Å². The largest absolute Gasteiger partial charge is 0.493 e. The Bertz CT molecular complexity index is 1280. The highest BCUT2D eigenvalue weighted by atomic mass is 16.5. The number of aryl methyl sites for hydroxylation is 1. The van der Waals surface area contributed by atoms with Crippen LogP contribution in [0.4, 0.5) is 0 Å². The molecule has 1 amide bonds. The maximum atomic E-state index is 13.4. The zero-order chi connectivity index (χ0) is 27.8. The van der Waals surface area contributed by atoms with Crippen LogP contribution in [-0.4, -0.2) is 29.4 Å². The zero-order valence-electron chi connectivity index (χ0n) is 23.5. The Hall–Kier alpha value is -4.12. The first-order valence-corrected chi connectivity index (χ1v) is 14.3. The van der Waals surface area contributed by atoms with E-state index in [0.29, 0.717) is 37.6 Å². The van der Waals surface area contributed by atoms with E-state index in [2.05, 4.69) is 35.3 Å². The van der Waals surface area contributed by atoms with Crippen molar-refractivity contribution in [3.63, 3.8) is 0 Å². The molecule has 0 atom stereocenters. The highest BCUT2D eigenvalue weighted by molar-refractivity contribution is 5.76. The molecule has 0 radical (unpaired) electrons. The summed E-state index contributed by atoms with van der Waals surface area (Å²) < 4.78 is 11.7. The van der Waals surface area contributed by atoms with Crippen molar-refractivity contribution in [3.8, 4) is 11.5 Å². The second kappa shape index (κ2) is 16.1. The molecule has 0 aliphatic carbocycles. The predicted molar refractivity (Wildman–Crippen MR) is 160 cm³/mol. The van der Waals surface area contributed by atoms with Gasteiger partial charge in [-0.3, -0.25) is 9.78 Å². The first-order valence-electron chi connectivity index (χ1n) is 14.3. The molecule has 0 fully saturated rings. The van der Waals surface area contributed by atoms with Crippen molar-refractivity contribution in [3.05, 3.63) is 126 Å². The first-order chi connectivity index (χ1) is 19.7. The Morgan fingerprint density at radius 2 is 1.45 bits per heavy atom. The van der Waals surface area contributed by atoms with Crippen LogP contribution >= 0.6 is 0 Å². The third-order valence-corrected chi connectivity index (χ3v) is 7.00. The number of unbranched alkanes of at least 4 members (excludes halogenated alkanes) is 3. The van der Waals surface area contributed by atoms with Crippen LogP contribution in [0.25, 0.3) is 0 Å². The maximum absolute atomic E-state index is 13.4. The zero-order valence-corrected chi connectivity index (χ0v) is 23.5. The van der Waals surface area contributed by atoms with Crippen LogP contribution in [0.15, 0.2) is 103 Å². The fourth-order valence-electron chi connectivity index (χ4n) is 4.73. The van der Waals surface area contributed by atoms with Crippen molar-refractivity contribution < 1.29 is 14.3 Å². The van der Waals surface area contributed by atoms with Crippen LogP contribution in [0.5, 0.6) is 11.5 Å². The van der Waals surface area contributed by atoms with Crippen LogP contribution < -0.4 is 9.47 Å². The topological polar surface area (TPSA) is 51.7 Å². The van der Waals surface area contributed by atoms with Gasteiger partial charge in [0.05, 0.1) is 7.11 Å². The summed E-state index contributed by atoms with van der Waals surface area (Å²) in [6, 6.07) is 32.5. The van der Waals surface area contributed by atoms with Gasteiger partial charge in [0, 0.05) is 37.8 Å². The number of amides is 1. The SMILES string of the molecule is COc1cc(CN(CCc2ccccn2)C(=O)CCCCCCc2ccccc2)ccc1OCc1ccccc1. The number of hydrogen-bond acceptors (Lipinski definition) is 4. The molecule has 0 spiro atoms. The summed E-state index contributed by atoms with van der Waals surface area (Å²) in [5.41, 5.74) is 4.48. The summed E-state index contributed by atoms with van der Waals surface area (Å²) in [4.78, 5) is 19.8. The number of rotatable bonds is 16. The molecule has 4 rings (SSSR count). The number of carbonyl (C=O) groups excluding carboxylic acids is 1. The van der Waals surface area contributed by atoms with Gasteiger partial charge >= 0.3 is 0 Å². The third-order valence-electron chi connectivity index (χ3n) is 7.00. The summed E-state index contributed by atoms with van der Waals surface area (Å²) >= 11 is 0. The van der Waals surface area contributed by atoms with Gasteiger partial charge < -0.3 is 14.4 Å². The highest BCUT2D eigenvalue weighted by Crippen LogP contribution is 2.29. The van der Waals surface area contributed by atoms with Gasteiger partial charge in [0.1, 0.15) is 6.61 Å². The number of aromatic nitrogens is 1. The second-order valence-electron chi connectivity index (χ2n) is 10.0. The fourth-order valence-corrected chi connectivity index (χ4v) is 4.73. The quantitative estimate of drug-likeness (QED) is 0.140. The number of benzene rings is 3. The van der Waals surface area contributed by atoms with Crippen molar-refractivity contribution in [2.45, 2.75) is 58.1 Å². The average molecular weight is 537 g/mol. The van der Waals surface area contributed by atoms with Crippen molar-refractivity contribution in [2.75, 3.05) is 13.7 Å². The van der Waals surface area contributed by atoms with Crippen LogP contribution in [0.2, 0.25) is 0 Å². The third kappa shape index (κ3) is 9.57. The van der Waals surface area contributed by atoms with Gasteiger partial charge in [0.15, 0.2) is 11.5 Å². The van der Waals surface area contributed by atoms with E-state index in [1.54, 1.807) is 13.3 Å². The monoisotopic (exact) mass is 536 g/mol. The summed E-state index contributed by atoms with van der Waals surface area (Å²) in [5.74, 6) is 1.54. The number of nitrogens with zero attached hydrogens (tertiary/aromatic N) is 2. The van der Waals surface area contributed by atoms with Crippen LogP contribution in [0.3, 0.4) is 0 Å². The molecule has 40 heavy (non-hydrogen) atoms. The predicted octanol–water partition coefficient (Wildman–Crippen LogP) is 7.43. The summed E-state index contributed by atoms with van der Waals surface area (Å²) in [7, 11) is 1.65. The molecule has 5 heteroatoms. The molecule has 0 bridgehead atoms. The molecular weight excluding hydrogens is 496 g/mol. The Morgan fingerprint density at radius 1 is 0.725 bits per heavy atom. The maximum Gasteiger partial charge on any atom is 0.222 e. The molecule has 0 aliphatic heterocycles. The van der Waals surface area contributed by atoms with Gasteiger partial charge in [-0.25, -0.2) is 0 Å². The summed E-state index contributed by atoms with van der Waals surface area (Å²) in [6.45, 7) is 1.62. The molecule has 1 heterocycles. The van der Waals surface area contributed by atoms with Gasteiger partial charge in [-0.1, -0.05) is 85.6 Å². The lowest BCUT2D eigenvalue weighted by Crippen LogP contribution is -2.32. The number of hydrogen-bond donors (Lipinski definition) is 0. The lowest BCUT2D eigenvalue weighted by atomic mass is 10.1. The smallest absolute Gasteiger partial charge is 0.222 e. The number of carbonyl (C=O) groups is 1. The molecule has 0 saturated heterocycles. The van der Waals surface area contributed by atoms with E-state index < -0.39 is 0 Å². The van der Waals surface area contributed by atoms with E-state index in [0.717, 1.165) is 55.3 Å². The van der Waals surface area contributed by atoms with Gasteiger partial charge in [-0.15, -0.1) is 0 Å². The lowest BCUT2D eigenvalue weighted by Gasteiger charge is -2.23. The number of ether oxygens (including phenoxy) is 2. The van der Waals surface area contributed by atoms with Gasteiger partial charge in [0.25, 0.3) is 0 Å². The molecule has 0 saturated carbocycles. The molecular formula is C35H40N2O3. The Balaban J connectivity index is 1.32. The molecule has 0 N–H and O–H groups in total. The van der Waals surface area contributed by atoms with E-state index in [9.17, 15) is 4.79 Å². The van der Waals surface area contributed by atoms with E-state index in [1.807, 2.05) is 71.6 Å². The summed E-state index contributed by atoms with van der Waals surface area (Å²) in [5, 5.41) is 0. The first kappa shape index (κ1) is 28.9. The van der Waals surface area contributed by atoms with E-state index in [-0.39, 0.29) is 5.91 Å². The van der Waals surface area contributed by atoms with Crippen LogP contribution in [0.1, 0.15) is 54.5 Å². The Kier molecular flexibility index (Phi) is 11.6. The van der Waals surface area contributed by atoms with Gasteiger partial charge in [-0.05, 0) is 60.2 Å². The van der Waals surface area contributed by atoms with E-state index in [4.69, 9.17) is 9.47 Å². The number of pyridine rings is 1. The minimum atomic E-state index is 0.183. The molecule has 3 aromatic carbocycles. The van der Waals surface area contributed by atoms with Gasteiger partial charge in [-0.2, -0.15) is 0 Å². The molecule has 0 unspecified atom stereocenters. The fraction of sp³-hybridized carbons (Fsp3) is 0.314. The molecule has 1 aromatic heterocycles. The van der Waals surface area contributed by atoms with Crippen molar-refractivity contribution in [2.24, 2.45) is 0 Å². The Labute approximate surface area is 238 Å².